The lowest BCUT2D eigenvalue weighted by atomic mass is 10.0. The monoisotopic (exact) mass is 258 g/mol. The Bertz CT molecular complexity index is 621. The Morgan fingerprint density at radius 1 is 1.21 bits per heavy atom. The van der Waals surface area contributed by atoms with Crippen molar-refractivity contribution in [2.45, 2.75) is 0 Å². The summed E-state index contributed by atoms with van der Waals surface area (Å²) < 4.78 is 18.5. The van der Waals surface area contributed by atoms with Crippen molar-refractivity contribution in [3.05, 3.63) is 65.0 Å². The number of carbonyl (C=O) groups excluding carboxylic acids is 2. The molecule has 0 saturated heterocycles. The van der Waals surface area contributed by atoms with E-state index >= 15 is 0 Å². The molecule has 19 heavy (non-hydrogen) atoms. The number of halogens is 1. The predicted octanol–water partition coefficient (Wildman–Crippen LogP) is 2.88. The highest BCUT2D eigenvalue weighted by atomic mass is 19.1. The Balaban J connectivity index is 2.55. The standard InChI is InChI=1S/C15H11FO3/c1-19-14-8-13(16)11(9-17)7-12(14)15(18)10-5-3-2-4-6-10/h2-9H,1H3. The van der Waals surface area contributed by atoms with Gasteiger partial charge in [-0.2, -0.15) is 0 Å². The first-order valence-electron chi connectivity index (χ1n) is 5.60. The van der Waals surface area contributed by atoms with E-state index in [0.29, 0.717) is 11.8 Å². The van der Waals surface area contributed by atoms with Gasteiger partial charge in [0.15, 0.2) is 12.1 Å². The summed E-state index contributed by atoms with van der Waals surface area (Å²) in [4.78, 5) is 23.0. The molecule has 0 N–H and O–H groups in total. The van der Waals surface area contributed by atoms with Gasteiger partial charge in [-0.25, -0.2) is 4.39 Å². The summed E-state index contributed by atoms with van der Waals surface area (Å²) in [5.74, 6) is -0.922. The maximum Gasteiger partial charge on any atom is 0.196 e. The molecule has 0 fully saturated rings. The molecule has 0 radical (unpaired) electrons. The Morgan fingerprint density at radius 3 is 2.47 bits per heavy atom. The Hall–Kier alpha value is -2.49. The number of ether oxygens (including phenoxy) is 1. The minimum Gasteiger partial charge on any atom is -0.496 e. The van der Waals surface area contributed by atoms with Crippen LogP contribution < -0.4 is 4.74 Å². The number of aldehydes is 1. The minimum atomic E-state index is -0.712. The van der Waals surface area contributed by atoms with Gasteiger partial charge in [0.05, 0.1) is 18.2 Å². The van der Waals surface area contributed by atoms with E-state index in [1.54, 1.807) is 30.3 Å². The van der Waals surface area contributed by atoms with Crippen LogP contribution in [0.15, 0.2) is 42.5 Å². The van der Waals surface area contributed by atoms with E-state index in [4.69, 9.17) is 4.74 Å². The second-order valence-corrected chi connectivity index (χ2v) is 3.89. The van der Waals surface area contributed by atoms with E-state index < -0.39 is 5.82 Å². The van der Waals surface area contributed by atoms with Gasteiger partial charge in [-0.3, -0.25) is 9.59 Å². The molecule has 0 atom stereocenters. The molecule has 0 unspecified atom stereocenters. The summed E-state index contributed by atoms with van der Waals surface area (Å²) in [6.45, 7) is 0. The van der Waals surface area contributed by atoms with Crippen LogP contribution in [0.3, 0.4) is 0 Å². The van der Waals surface area contributed by atoms with Crippen LogP contribution >= 0.6 is 0 Å². The van der Waals surface area contributed by atoms with Crippen molar-refractivity contribution in [3.63, 3.8) is 0 Å². The van der Waals surface area contributed by atoms with Crippen LogP contribution in [0.4, 0.5) is 4.39 Å². The highest BCUT2D eigenvalue weighted by Crippen LogP contribution is 2.24. The van der Waals surface area contributed by atoms with Crippen LogP contribution in [0.25, 0.3) is 0 Å². The molecule has 0 bridgehead atoms. The summed E-state index contributed by atoms with van der Waals surface area (Å²) in [6.07, 6.45) is 0.372. The van der Waals surface area contributed by atoms with Crippen molar-refractivity contribution in [2.75, 3.05) is 7.11 Å². The van der Waals surface area contributed by atoms with Gasteiger partial charge in [0, 0.05) is 11.6 Å². The summed E-state index contributed by atoms with van der Waals surface area (Å²) in [5, 5.41) is 0. The highest BCUT2D eigenvalue weighted by molar-refractivity contribution is 6.11. The van der Waals surface area contributed by atoms with E-state index in [9.17, 15) is 14.0 Å². The number of hydrogen-bond donors (Lipinski definition) is 0. The van der Waals surface area contributed by atoms with Gasteiger partial charge in [-0.1, -0.05) is 30.3 Å². The first kappa shape index (κ1) is 13.0. The summed E-state index contributed by atoms with van der Waals surface area (Å²) in [5.41, 5.74) is 0.446. The average Bonchev–Trinajstić information content (AvgIpc) is 2.47. The van der Waals surface area contributed by atoms with Gasteiger partial charge in [0.25, 0.3) is 0 Å². The molecule has 0 heterocycles. The number of ketones is 1. The summed E-state index contributed by atoms with van der Waals surface area (Å²) >= 11 is 0. The van der Waals surface area contributed by atoms with Crippen molar-refractivity contribution >= 4 is 12.1 Å². The fourth-order valence-electron chi connectivity index (χ4n) is 1.75. The fraction of sp³-hybridized carbons (Fsp3) is 0.0667. The highest BCUT2D eigenvalue weighted by Gasteiger charge is 2.17. The van der Waals surface area contributed by atoms with Gasteiger partial charge >= 0.3 is 0 Å². The third kappa shape index (κ3) is 2.52. The van der Waals surface area contributed by atoms with E-state index in [-0.39, 0.29) is 22.7 Å². The Labute approximate surface area is 109 Å². The number of carbonyl (C=O) groups is 2. The third-order valence-electron chi connectivity index (χ3n) is 2.73. The van der Waals surface area contributed by atoms with Gasteiger partial charge in [0.1, 0.15) is 11.6 Å². The smallest absolute Gasteiger partial charge is 0.196 e. The summed E-state index contributed by atoms with van der Waals surface area (Å²) in [7, 11) is 1.34. The topological polar surface area (TPSA) is 43.4 Å². The fourth-order valence-corrected chi connectivity index (χ4v) is 1.75. The van der Waals surface area contributed by atoms with Crippen molar-refractivity contribution in [1.29, 1.82) is 0 Å². The van der Waals surface area contributed by atoms with E-state index in [2.05, 4.69) is 0 Å². The normalized spacial score (nSPS) is 10.0. The lowest BCUT2D eigenvalue weighted by Gasteiger charge is -2.09. The second kappa shape index (κ2) is 5.44. The first-order valence-corrected chi connectivity index (χ1v) is 5.60. The van der Waals surface area contributed by atoms with Crippen LogP contribution in [-0.4, -0.2) is 19.2 Å². The van der Waals surface area contributed by atoms with Gasteiger partial charge in [0.2, 0.25) is 0 Å². The largest absolute Gasteiger partial charge is 0.496 e. The molecule has 0 aliphatic rings. The van der Waals surface area contributed by atoms with Gasteiger partial charge < -0.3 is 4.74 Å². The second-order valence-electron chi connectivity index (χ2n) is 3.89. The molecule has 0 aliphatic carbocycles. The van der Waals surface area contributed by atoms with Gasteiger partial charge in [-0.05, 0) is 6.07 Å². The minimum absolute atomic E-state index is 0.108. The van der Waals surface area contributed by atoms with Crippen LogP contribution in [0.5, 0.6) is 5.75 Å². The van der Waals surface area contributed by atoms with Crippen LogP contribution in [0.1, 0.15) is 26.3 Å². The Morgan fingerprint density at radius 2 is 1.89 bits per heavy atom. The molecular weight excluding hydrogens is 247 g/mol. The zero-order chi connectivity index (χ0) is 13.8. The number of benzene rings is 2. The zero-order valence-electron chi connectivity index (χ0n) is 10.2. The molecule has 0 aliphatic heterocycles. The lowest BCUT2D eigenvalue weighted by molar-refractivity contribution is 0.103. The van der Waals surface area contributed by atoms with Crippen molar-refractivity contribution in [1.82, 2.24) is 0 Å². The molecule has 4 heteroatoms. The average molecular weight is 258 g/mol. The van der Waals surface area contributed by atoms with Crippen LogP contribution in [-0.2, 0) is 0 Å². The Kier molecular flexibility index (Phi) is 3.71. The van der Waals surface area contributed by atoms with E-state index in [0.717, 1.165) is 6.07 Å². The molecule has 2 aromatic carbocycles. The van der Waals surface area contributed by atoms with Crippen LogP contribution in [0.2, 0.25) is 0 Å². The maximum absolute atomic E-state index is 13.5. The summed E-state index contributed by atoms with van der Waals surface area (Å²) in [6, 6.07) is 10.8. The SMILES string of the molecule is COc1cc(F)c(C=O)cc1C(=O)c1ccccc1. The lowest BCUT2D eigenvalue weighted by Crippen LogP contribution is -2.06. The zero-order valence-corrected chi connectivity index (χ0v) is 10.2. The molecule has 2 aromatic rings. The molecule has 0 spiro atoms. The van der Waals surface area contributed by atoms with E-state index in [1.165, 1.54) is 13.2 Å². The van der Waals surface area contributed by atoms with Crippen LogP contribution in [0, 0.1) is 5.82 Å². The third-order valence-corrected chi connectivity index (χ3v) is 2.73. The molecule has 0 amide bonds. The molecule has 96 valence electrons. The molecule has 2 rings (SSSR count). The molecule has 0 saturated carbocycles. The quantitative estimate of drug-likeness (QED) is 0.625. The number of methoxy groups -OCH3 is 1. The first-order chi connectivity index (χ1) is 9.17. The van der Waals surface area contributed by atoms with Crippen molar-refractivity contribution < 1.29 is 18.7 Å². The molecular formula is C15H11FO3. The van der Waals surface area contributed by atoms with Crippen molar-refractivity contribution in [2.24, 2.45) is 0 Å². The molecule has 3 nitrogen and oxygen atoms in total. The molecule has 0 aromatic heterocycles. The number of rotatable bonds is 4. The van der Waals surface area contributed by atoms with Crippen molar-refractivity contribution in [3.8, 4) is 5.75 Å². The van der Waals surface area contributed by atoms with E-state index in [1.807, 2.05) is 0 Å². The predicted molar refractivity (Wildman–Crippen MR) is 68.2 cm³/mol. The number of hydrogen-bond acceptors (Lipinski definition) is 3. The maximum atomic E-state index is 13.5. The van der Waals surface area contributed by atoms with Gasteiger partial charge in [-0.15, -0.1) is 0 Å².